The molecule has 19 heavy (non-hydrogen) atoms. The highest BCUT2D eigenvalue weighted by molar-refractivity contribution is 6.18. The molecule has 0 spiro atoms. The molecule has 1 saturated heterocycles. The first-order valence-electron chi connectivity index (χ1n) is 6.55. The molecule has 3 rings (SSSR count). The second-order valence-electron chi connectivity index (χ2n) is 4.85. The molecule has 1 fully saturated rings. The predicted octanol–water partition coefficient (Wildman–Crippen LogP) is 1.41. The minimum atomic E-state index is -0.265. The Kier molecular flexibility index (Phi) is 3.42. The van der Waals surface area contributed by atoms with Gasteiger partial charge in [0, 0.05) is 24.5 Å². The molecule has 6 nitrogen and oxygen atoms in total. The van der Waals surface area contributed by atoms with Crippen LogP contribution in [0.15, 0.2) is 17.2 Å². The Labute approximate surface area is 115 Å². The molecule has 3 heterocycles. The number of hydrogen-bond acceptors (Lipinski definition) is 4. The lowest BCUT2D eigenvalue weighted by Gasteiger charge is -2.29. The fourth-order valence-corrected chi connectivity index (χ4v) is 2.92. The third-order valence-electron chi connectivity index (χ3n) is 3.64. The van der Waals surface area contributed by atoms with Gasteiger partial charge in [0.05, 0.1) is 0 Å². The van der Waals surface area contributed by atoms with Crippen LogP contribution in [-0.2, 0) is 0 Å². The number of hydrogen-bond donors (Lipinski definition) is 1. The minimum absolute atomic E-state index is 0.265. The quantitative estimate of drug-likeness (QED) is 0.845. The van der Waals surface area contributed by atoms with Gasteiger partial charge in [-0.1, -0.05) is 12.8 Å². The summed E-state index contributed by atoms with van der Waals surface area (Å²) in [6, 6.07) is 2.15. The number of nitrogens with one attached hydrogen (secondary N) is 1. The van der Waals surface area contributed by atoms with Gasteiger partial charge in [-0.05, 0) is 12.8 Å². The van der Waals surface area contributed by atoms with E-state index in [4.69, 9.17) is 11.6 Å². The lowest BCUT2D eigenvalue weighted by atomic mass is 10.1. The van der Waals surface area contributed by atoms with E-state index in [2.05, 4.69) is 20.1 Å². The van der Waals surface area contributed by atoms with Crippen LogP contribution in [0.5, 0.6) is 0 Å². The van der Waals surface area contributed by atoms with E-state index in [0.29, 0.717) is 17.6 Å². The van der Waals surface area contributed by atoms with Crippen LogP contribution in [0.3, 0.4) is 0 Å². The Bertz CT molecular complexity index is 622. The highest BCUT2D eigenvalue weighted by Gasteiger charge is 2.22. The van der Waals surface area contributed by atoms with E-state index < -0.39 is 0 Å². The molecule has 7 heteroatoms. The van der Waals surface area contributed by atoms with Crippen LogP contribution in [-0.4, -0.2) is 38.0 Å². The molecular formula is C12H16ClN5O. The second kappa shape index (κ2) is 5.21. The SMILES string of the molecule is O=c1[nH]nc2cc(N3CCCCCC3CCl)ncn12. The molecule has 0 aromatic carbocycles. The third-order valence-corrected chi connectivity index (χ3v) is 4.00. The third kappa shape index (κ3) is 2.32. The minimum Gasteiger partial charge on any atom is -0.352 e. The molecule has 0 radical (unpaired) electrons. The number of aromatic nitrogens is 4. The second-order valence-corrected chi connectivity index (χ2v) is 5.16. The molecule has 0 bridgehead atoms. The average molecular weight is 282 g/mol. The van der Waals surface area contributed by atoms with Crippen molar-refractivity contribution in [2.24, 2.45) is 0 Å². The van der Waals surface area contributed by atoms with Crippen molar-refractivity contribution in [2.45, 2.75) is 31.7 Å². The number of halogens is 1. The van der Waals surface area contributed by atoms with Crippen molar-refractivity contribution < 1.29 is 0 Å². The lowest BCUT2D eigenvalue weighted by Crippen LogP contribution is -2.37. The Morgan fingerprint density at radius 1 is 1.42 bits per heavy atom. The number of aromatic amines is 1. The summed E-state index contributed by atoms with van der Waals surface area (Å²) < 4.78 is 1.40. The first kappa shape index (κ1) is 12.5. The van der Waals surface area contributed by atoms with Gasteiger partial charge in [-0.15, -0.1) is 11.6 Å². The molecule has 0 aliphatic carbocycles. The first-order chi connectivity index (χ1) is 9.29. The molecule has 0 amide bonds. The van der Waals surface area contributed by atoms with Crippen LogP contribution in [0.2, 0.25) is 0 Å². The summed E-state index contributed by atoms with van der Waals surface area (Å²) in [5.41, 5.74) is 0.325. The van der Waals surface area contributed by atoms with Crippen LogP contribution in [0, 0.1) is 0 Å². The molecule has 1 N–H and O–H groups in total. The van der Waals surface area contributed by atoms with Gasteiger partial charge in [-0.25, -0.2) is 19.3 Å². The molecule has 0 saturated carbocycles. The van der Waals surface area contributed by atoms with Crippen molar-refractivity contribution in [3.63, 3.8) is 0 Å². The predicted molar refractivity (Wildman–Crippen MR) is 73.9 cm³/mol. The molecule has 1 unspecified atom stereocenters. The maximum Gasteiger partial charge on any atom is 0.348 e. The van der Waals surface area contributed by atoms with Crippen molar-refractivity contribution in [1.82, 2.24) is 19.6 Å². The Morgan fingerprint density at radius 2 is 2.32 bits per heavy atom. The van der Waals surface area contributed by atoms with E-state index in [-0.39, 0.29) is 5.69 Å². The summed E-state index contributed by atoms with van der Waals surface area (Å²) in [5, 5.41) is 6.39. The average Bonchev–Trinajstić information content (AvgIpc) is 2.66. The number of anilines is 1. The van der Waals surface area contributed by atoms with E-state index in [0.717, 1.165) is 25.2 Å². The number of fused-ring (bicyclic) bond motifs is 1. The Balaban J connectivity index is 1.98. The summed E-state index contributed by atoms with van der Waals surface area (Å²) in [7, 11) is 0. The van der Waals surface area contributed by atoms with Crippen molar-refractivity contribution in [1.29, 1.82) is 0 Å². The Morgan fingerprint density at radius 3 is 3.16 bits per heavy atom. The van der Waals surface area contributed by atoms with E-state index in [1.807, 2.05) is 6.07 Å². The van der Waals surface area contributed by atoms with Gasteiger partial charge in [0.2, 0.25) is 0 Å². The summed E-state index contributed by atoms with van der Waals surface area (Å²) in [6.45, 7) is 0.954. The van der Waals surface area contributed by atoms with Gasteiger partial charge in [0.1, 0.15) is 12.1 Å². The van der Waals surface area contributed by atoms with Crippen molar-refractivity contribution >= 4 is 23.1 Å². The summed E-state index contributed by atoms with van der Waals surface area (Å²) in [6.07, 6.45) is 6.19. The number of nitrogens with zero attached hydrogens (tertiary/aromatic N) is 4. The standard InChI is InChI=1S/C12H16ClN5O/c13-7-9-4-2-1-3-5-17(9)10-6-11-15-16-12(19)18(11)8-14-10/h6,8-9H,1-5,7H2,(H,16,19). The smallest absolute Gasteiger partial charge is 0.348 e. The first-order valence-corrected chi connectivity index (χ1v) is 7.08. The van der Waals surface area contributed by atoms with E-state index in [9.17, 15) is 4.79 Å². The topological polar surface area (TPSA) is 66.3 Å². The number of rotatable bonds is 2. The molecule has 1 aliphatic heterocycles. The van der Waals surface area contributed by atoms with Gasteiger partial charge in [0.15, 0.2) is 5.65 Å². The largest absolute Gasteiger partial charge is 0.352 e. The van der Waals surface area contributed by atoms with Gasteiger partial charge >= 0.3 is 5.69 Å². The van der Waals surface area contributed by atoms with Crippen LogP contribution in [0.25, 0.3) is 5.65 Å². The van der Waals surface area contributed by atoms with Gasteiger partial charge in [0.25, 0.3) is 0 Å². The van der Waals surface area contributed by atoms with Crippen molar-refractivity contribution in [3.8, 4) is 0 Å². The zero-order valence-corrected chi connectivity index (χ0v) is 11.3. The highest BCUT2D eigenvalue weighted by atomic mass is 35.5. The van der Waals surface area contributed by atoms with Gasteiger partial charge < -0.3 is 4.90 Å². The zero-order valence-electron chi connectivity index (χ0n) is 10.5. The monoisotopic (exact) mass is 281 g/mol. The molecule has 2 aromatic heterocycles. The van der Waals surface area contributed by atoms with Crippen molar-refractivity contribution in [2.75, 3.05) is 17.3 Å². The Hall–Kier alpha value is -1.56. The maximum absolute atomic E-state index is 11.4. The van der Waals surface area contributed by atoms with E-state index >= 15 is 0 Å². The van der Waals surface area contributed by atoms with Gasteiger partial charge in [-0.3, -0.25) is 0 Å². The van der Waals surface area contributed by atoms with Crippen LogP contribution >= 0.6 is 11.6 Å². The molecule has 1 aliphatic rings. The zero-order chi connectivity index (χ0) is 13.2. The molecule has 1 atom stereocenters. The fourth-order valence-electron chi connectivity index (χ4n) is 2.60. The van der Waals surface area contributed by atoms with Crippen LogP contribution < -0.4 is 10.6 Å². The maximum atomic E-state index is 11.4. The fraction of sp³-hybridized carbons (Fsp3) is 0.583. The van der Waals surface area contributed by atoms with Crippen molar-refractivity contribution in [3.05, 3.63) is 22.9 Å². The van der Waals surface area contributed by atoms with Crippen LogP contribution in [0.4, 0.5) is 5.82 Å². The summed E-state index contributed by atoms with van der Waals surface area (Å²) in [4.78, 5) is 18.0. The van der Waals surface area contributed by atoms with Crippen LogP contribution in [0.1, 0.15) is 25.7 Å². The van der Waals surface area contributed by atoms with E-state index in [1.165, 1.54) is 23.6 Å². The normalized spacial score (nSPS) is 20.7. The molecule has 102 valence electrons. The number of alkyl halides is 1. The molecular weight excluding hydrogens is 266 g/mol. The summed E-state index contributed by atoms with van der Waals surface area (Å²) >= 11 is 6.07. The van der Waals surface area contributed by atoms with Gasteiger partial charge in [-0.2, -0.15) is 5.10 Å². The number of H-pyrrole nitrogens is 1. The highest BCUT2D eigenvalue weighted by Crippen LogP contribution is 2.23. The van der Waals surface area contributed by atoms with E-state index in [1.54, 1.807) is 0 Å². The summed E-state index contributed by atoms with van der Waals surface area (Å²) in [5.74, 6) is 1.44. The lowest BCUT2D eigenvalue weighted by molar-refractivity contribution is 0.615. The molecule has 2 aromatic rings.